The molecule has 0 saturated carbocycles. The molecule has 29 heavy (non-hydrogen) atoms. The van der Waals surface area contributed by atoms with Crippen LogP contribution in [-0.2, 0) is 22.6 Å². The average Bonchev–Trinajstić information content (AvgIpc) is 3.30. The molecule has 1 N–H and O–H groups in total. The van der Waals surface area contributed by atoms with Gasteiger partial charge in [-0.05, 0) is 36.2 Å². The van der Waals surface area contributed by atoms with Crippen molar-refractivity contribution in [1.29, 1.82) is 0 Å². The lowest BCUT2D eigenvalue weighted by molar-refractivity contribution is -0.131. The van der Waals surface area contributed by atoms with Crippen molar-refractivity contribution in [2.45, 2.75) is 31.9 Å². The van der Waals surface area contributed by atoms with E-state index in [1.807, 2.05) is 6.07 Å². The highest BCUT2D eigenvalue weighted by Gasteiger charge is 2.33. The lowest BCUT2D eigenvalue weighted by Gasteiger charge is -2.20. The van der Waals surface area contributed by atoms with Crippen LogP contribution < -0.4 is 14.8 Å². The van der Waals surface area contributed by atoms with E-state index in [1.54, 1.807) is 13.1 Å². The number of likely N-dealkylation sites (tertiary alicyclic amines) is 1. The zero-order chi connectivity index (χ0) is 20.5. The summed E-state index contributed by atoms with van der Waals surface area (Å²) >= 11 is 0. The van der Waals surface area contributed by atoms with Gasteiger partial charge < -0.3 is 19.7 Å². The molecule has 0 aromatic heterocycles. The van der Waals surface area contributed by atoms with E-state index in [2.05, 4.69) is 5.32 Å². The molecule has 152 valence electrons. The van der Waals surface area contributed by atoms with Crippen molar-refractivity contribution in [2.24, 2.45) is 0 Å². The van der Waals surface area contributed by atoms with Crippen LogP contribution in [0.1, 0.15) is 24.0 Å². The molecule has 2 aliphatic rings. The number of carbonyl (C=O) groups excluding carboxylic acids is 2. The fourth-order valence-electron chi connectivity index (χ4n) is 3.61. The van der Waals surface area contributed by atoms with Crippen LogP contribution in [0.4, 0.5) is 14.5 Å². The minimum Gasteiger partial charge on any atom is -0.493 e. The second-order valence-electron chi connectivity index (χ2n) is 7.13. The number of carbonyl (C=O) groups is 2. The number of fused-ring (bicyclic) bond motifs is 1. The number of amides is 2. The van der Waals surface area contributed by atoms with E-state index >= 15 is 0 Å². The van der Waals surface area contributed by atoms with Gasteiger partial charge in [0.1, 0.15) is 24.1 Å². The molecule has 2 aliphatic heterocycles. The van der Waals surface area contributed by atoms with E-state index in [-0.39, 0.29) is 24.2 Å². The quantitative estimate of drug-likeness (QED) is 0.835. The molecule has 2 amide bonds. The monoisotopic (exact) mass is 402 g/mol. The van der Waals surface area contributed by atoms with Crippen molar-refractivity contribution in [2.75, 3.05) is 19.0 Å². The third-order valence-electron chi connectivity index (χ3n) is 5.23. The minimum absolute atomic E-state index is 0.0487. The van der Waals surface area contributed by atoms with Crippen LogP contribution in [0.15, 0.2) is 30.3 Å². The Labute approximate surface area is 166 Å². The van der Waals surface area contributed by atoms with E-state index in [0.29, 0.717) is 42.9 Å². The minimum atomic E-state index is -0.983. The van der Waals surface area contributed by atoms with Crippen LogP contribution in [0.25, 0.3) is 0 Å². The van der Waals surface area contributed by atoms with Crippen molar-refractivity contribution in [3.05, 3.63) is 53.1 Å². The molecular weight excluding hydrogens is 382 g/mol. The Bertz CT molecular complexity index is 979. The first-order chi connectivity index (χ1) is 13.9. The number of benzene rings is 2. The van der Waals surface area contributed by atoms with Gasteiger partial charge in [-0.2, -0.15) is 0 Å². The molecule has 0 spiro atoms. The summed E-state index contributed by atoms with van der Waals surface area (Å²) in [7, 11) is 1.62. The normalized spacial score (nSPS) is 17.8. The number of rotatable bonds is 5. The topological polar surface area (TPSA) is 67.9 Å². The molecule has 1 atom stereocenters. The Morgan fingerprint density at radius 3 is 2.79 bits per heavy atom. The highest BCUT2D eigenvalue weighted by Crippen LogP contribution is 2.34. The lowest BCUT2D eigenvalue weighted by Crippen LogP contribution is -2.39. The summed E-state index contributed by atoms with van der Waals surface area (Å²) in [6, 6.07) is 6.42. The Morgan fingerprint density at radius 2 is 2.07 bits per heavy atom. The zero-order valence-electron chi connectivity index (χ0n) is 15.8. The number of anilines is 1. The fourth-order valence-corrected chi connectivity index (χ4v) is 3.61. The van der Waals surface area contributed by atoms with Gasteiger partial charge in [-0.1, -0.05) is 0 Å². The number of likely N-dealkylation sites (N-methyl/N-ethyl adjacent to an activating group) is 1. The van der Waals surface area contributed by atoms with E-state index in [4.69, 9.17) is 9.47 Å². The van der Waals surface area contributed by atoms with E-state index in [1.165, 1.54) is 11.0 Å². The Hall–Kier alpha value is -3.16. The number of ether oxygens (including phenoxy) is 2. The summed E-state index contributed by atoms with van der Waals surface area (Å²) in [5.41, 5.74) is 2.21. The van der Waals surface area contributed by atoms with Crippen LogP contribution >= 0.6 is 0 Å². The van der Waals surface area contributed by atoms with Crippen LogP contribution in [0.3, 0.4) is 0 Å². The molecule has 4 rings (SSSR count). The number of hydrogen-bond acceptors (Lipinski definition) is 4. The van der Waals surface area contributed by atoms with Gasteiger partial charge in [0, 0.05) is 37.2 Å². The number of nitrogens with zero attached hydrogens (tertiary/aromatic N) is 1. The van der Waals surface area contributed by atoms with E-state index < -0.39 is 17.7 Å². The van der Waals surface area contributed by atoms with Gasteiger partial charge in [0.25, 0.3) is 0 Å². The predicted octanol–water partition coefficient (Wildman–Crippen LogP) is 3.04. The largest absolute Gasteiger partial charge is 0.493 e. The van der Waals surface area contributed by atoms with Crippen molar-refractivity contribution in [3.63, 3.8) is 0 Å². The second-order valence-corrected chi connectivity index (χ2v) is 7.13. The molecule has 6 nitrogen and oxygen atoms in total. The molecule has 1 fully saturated rings. The molecule has 1 unspecified atom stereocenters. The molecule has 0 aliphatic carbocycles. The van der Waals surface area contributed by atoms with Gasteiger partial charge in [0.05, 0.1) is 6.61 Å². The molecular formula is C21H20F2N2O4. The van der Waals surface area contributed by atoms with Crippen LogP contribution in [0, 0.1) is 11.6 Å². The molecule has 2 heterocycles. The molecule has 8 heteroatoms. The first-order valence-electron chi connectivity index (χ1n) is 9.35. The smallest absolute Gasteiger partial charge is 0.247 e. The van der Waals surface area contributed by atoms with Gasteiger partial charge in [-0.15, -0.1) is 0 Å². The highest BCUT2D eigenvalue weighted by molar-refractivity contribution is 5.99. The van der Waals surface area contributed by atoms with Crippen molar-refractivity contribution >= 4 is 17.5 Å². The maximum Gasteiger partial charge on any atom is 0.247 e. The molecule has 2 aromatic rings. The van der Waals surface area contributed by atoms with Gasteiger partial charge in [-0.3, -0.25) is 9.59 Å². The van der Waals surface area contributed by atoms with Gasteiger partial charge in [0.15, 0.2) is 11.6 Å². The van der Waals surface area contributed by atoms with Gasteiger partial charge in [0.2, 0.25) is 11.8 Å². The SMILES string of the molecule is CN1C(=O)CCC1C(=O)Nc1cc(COc2ccc(F)c(F)c2)cc2c1CCO2. The lowest BCUT2D eigenvalue weighted by atomic mass is 10.1. The van der Waals surface area contributed by atoms with Gasteiger partial charge >= 0.3 is 0 Å². The summed E-state index contributed by atoms with van der Waals surface area (Å²) in [5, 5.41) is 2.91. The summed E-state index contributed by atoms with van der Waals surface area (Å²) in [6.07, 6.45) is 1.51. The van der Waals surface area contributed by atoms with E-state index in [0.717, 1.165) is 17.7 Å². The summed E-state index contributed by atoms with van der Waals surface area (Å²) in [5.74, 6) is -1.37. The van der Waals surface area contributed by atoms with Gasteiger partial charge in [-0.25, -0.2) is 8.78 Å². The first kappa shape index (κ1) is 19.2. The second kappa shape index (κ2) is 7.69. The Kier molecular flexibility index (Phi) is 5.08. The van der Waals surface area contributed by atoms with Crippen LogP contribution in [0.5, 0.6) is 11.5 Å². The zero-order valence-corrected chi connectivity index (χ0v) is 15.8. The van der Waals surface area contributed by atoms with Crippen molar-refractivity contribution in [1.82, 2.24) is 4.90 Å². The number of nitrogens with one attached hydrogen (secondary N) is 1. The maximum atomic E-state index is 13.3. The average molecular weight is 402 g/mol. The molecule has 1 saturated heterocycles. The Morgan fingerprint density at radius 1 is 1.24 bits per heavy atom. The first-order valence-corrected chi connectivity index (χ1v) is 9.35. The molecule has 0 bridgehead atoms. The summed E-state index contributed by atoms with van der Waals surface area (Å²) in [4.78, 5) is 25.8. The summed E-state index contributed by atoms with van der Waals surface area (Å²) < 4.78 is 37.6. The van der Waals surface area contributed by atoms with Crippen molar-refractivity contribution < 1.29 is 27.8 Å². The van der Waals surface area contributed by atoms with Crippen LogP contribution in [0.2, 0.25) is 0 Å². The predicted molar refractivity (Wildman–Crippen MR) is 101 cm³/mol. The molecule has 2 aromatic carbocycles. The maximum absolute atomic E-state index is 13.3. The summed E-state index contributed by atoms with van der Waals surface area (Å²) in [6.45, 7) is 0.597. The number of hydrogen-bond donors (Lipinski definition) is 1. The fraction of sp³-hybridized carbons (Fsp3) is 0.333. The van der Waals surface area contributed by atoms with E-state index in [9.17, 15) is 18.4 Å². The third-order valence-corrected chi connectivity index (χ3v) is 5.23. The highest BCUT2D eigenvalue weighted by atomic mass is 19.2. The number of halogens is 2. The standard InChI is InChI=1S/C21H20F2N2O4/c1-25-18(4-5-20(25)26)21(27)24-17-8-12(9-19-14(17)6-7-28-19)11-29-13-2-3-15(22)16(23)10-13/h2-3,8-10,18H,4-7,11H2,1H3,(H,24,27). The Balaban J connectivity index is 1.52. The third kappa shape index (κ3) is 3.87. The van der Waals surface area contributed by atoms with Crippen LogP contribution in [-0.4, -0.2) is 36.4 Å². The molecule has 0 radical (unpaired) electrons. The van der Waals surface area contributed by atoms with Crippen molar-refractivity contribution in [3.8, 4) is 11.5 Å².